The van der Waals surface area contributed by atoms with Crippen molar-refractivity contribution in [2.75, 3.05) is 11.9 Å². The quantitative estimate of drug-likeness (QED) is 0.388. The van der Waals surface area contributed by atoms with Crippen molar-refractivity contribution in [3.05, 3.63) is 77.6 Å². The van der Waals surface area contributed by atoms with Gasteiger partial charge >= 0.3 is 5.97 Å². The molecule has 0 spiro atoms. The molecule has 1 amide bonds. The van der Waals surface area contributed by atoms with Crippen molar-refractivity contribution in [2.45, 2.75) is 40.0 Å². The zero-order valence-corrected chi connectivity index (χ0v) is 20.3. The number of anilines is 1. The van der Waals surface area contributed by atoms with Crippen LogP contribution in [0, 0.1) is 11.3 Å². The van der Waals surface area contributed by atoms with Crippen molar-refractivity contribution in [3.8, 4) is 0 Å². The van der Waals surface area contributed by atoms with Crippen LogP contribution in [-0.2, 0) is 22.4 Å². The van der Waals surface area contributed by atoms with E-state index in [2.05, 4.69) is 31.1 Å². The highest BCUT2D eigenvalue weighted by molar-refractivity contribution is 6.06. The van der Waals surface area contributed by atoms with Gasteiger partial charge in [-0.2, -0.15) is 0 Å². The lowest BCUT2D eigenvalue weighted by Gasteiger charge is -2.35. The third-order valence-corrected chi connectivity index (χ3v) is 6.90. The third-order valence-electron chi connectivity index (χ3n) is 6.90. The molecule has 0 aliphatic heterocycles. The summed E-state index contributed by atoms with van der Waals surface area (Å²) in [5, 5.41) is 4.47. The molecular weight excluding hydrogens is 438 g/mol. The molecule has 1 N–H and O–H groups in total. The topological polar surface area (TPSA) is 81.2 Å². The minimum Gasteiger partial charge on any atom is -0.452 e. The Morgan fingerprint density at radius 3 is 2.60 bits per heavy atom. The van der Waals surface area contributed by atoms with Gasteiger partial charge in [-0.15, -0.1) is 0 Å². The van der Waals surface area contributed by atoms with E-state index in [1.807, 2.05) is 54.6 Å². The van der Waals surface area contributed by atoms with Gasteiger partial charge in [0, 0.05) is 16.5 Å². The summed E-state index contributed by atoms with van der Waals surface area (Å²) in [4.78, 5) is 35.2. The summed E-state index contributed by atoms with van der Waals surface area (Å²) in [5.74, 6) is -0.454. The van der Waals surface area contributed by atoms with Crippen molar-refractivity contribution in [1.29, 1.82) is 0 Å². The molecule has 5 rings (SSSR count). The summed E-state index contributed by atoms with van der Waals surface area (Å²) in [6, 6.07) is 17.2. The molecule has 35 heavy (non-hydrogen) atoms. The molecule has 1 atom stereocenters. The van der Waals surface area contributed by atoms with Gasteiger partial charge < -0.3 is 10.1 Å². The fraction of sp³-hybridized carbons (Fsp3) is 0.310. The molecule has 0 fully saturated rings. The number of aryl methyl sites for hydroxylation is 1. The fourth-order valence-electron chi connectivity index (χ4n) is 4.90. The number of nitrogens with zero attached hydrogens (tertiary/aromatic N) is 2. The van der Waals surface area contributed by atoms with E-state index in [1.165, 1.54) is 0 Å². The number of ether oxygens (including phenoxy) is 1. The average Bonchev–Trinajstić information content (AvgIpc) is 2.85. The van der Waals surface area contributed by atoms with E-state index in [4.69, 9.17) is 9.72 Å². The standard InChI is InChI=1S/C29H29N3O3/c1-29(2,3)19-12-13-25-22(15-19)27(21-9-5-7-11-24(21)32-25)28(34)35-17-26(33)31-20-14-18-8-4-6-10-23(18)30-16-20/h4-11,14,16,19H,12-13,15,17H2,1-3H3,(H,31,33). The van der Waals surface area contributed by atoms with Gasteiger partial charge in [-0.3, -0.25) is 14.8 Å². The predicted octanol–water partition coefficient (Wildman–Crippen LogP) is 5.73. The summed E-state index contributed by atoms with van der Waals surface area (Å²) in [6.07, 6.45) is 4.24. The molecule has 4 aromatic rings. The summed E-state index contributed by atoms with van der Waals surface area (Å²) in [5.41, 5.74) is 4.77. The number of nitrogens with one attached hydrogen (secondary N) is 1. The Kier molecular flexibility index (Phi) is 5.97. The highest BCUT2D eigenvalue weighted by Gasteiger charge is 2.33. The second-order valence-corrected chi connectivity index (χ2v) is 10.3. The van der Waals surface area contributed by atoms with E-state index < -0.39 is 11.9 Å². The molecule has 1 unspecified atom stereocenters. The van der Waals surface area contributed by atoms with Crippen LogP contribution in [0.1, 0.15) is 48.8 Å². The number of rotatable bonds is 4. The van der Waals surface area contributed by atoms with Gasteiger partial charge in [0.05, 0.1) is 28.5 Å². The Morgan fingerprint density at radius 2 is 1.80 bits per heavy atom. The van der Waals surface area contributed by atoms with Crippen molar-refractivity contribution in [1.82, 2.24) is 9.97 Å². The van der Waals surface area contributed by atoms with Crippen molar-refractivity contribution < 1.29 is 14.3 Å². The van der Waals surface area contributed by atoms with E-state index in [1.54, 1.807) is 6.20 Å². The number of fused-ring (bicyclic) bond motifs is 3. The molecular formula is C29H29N3O3. The minimum absolute atomic E-state index is 0.123. The Morgan fingerprint density at radius 1 is 1.06 bits per heavy atom. The summed E-state index contributed by atoms with van der Waals surface area (Å²) in [7, 11) is 0. The minimum atomic E-state index is -0.485. The van der Waals surface area contributed by atoms with Gasteiger partial charge in [-0.1, -0.05) is 57.2 Å². The largest absolute Gasteiger partial charge is 0.452 e. The second-order valence-electron chi connectivity index (χ2n) is 10.3. The molecule has 6 nitrogen and oxygen atoms in total. The van der Waals surface area contributed by atoms with Crippen LogP contribution in [0.4, 0.5) is 5.69 Å². The fourth-order valence-corrected chi connectivity index (χ4v) is 4.90. The van der Waals surface area contributed by atoms with Gasteiger partial charge in [0.15, 0.2) is 6.61 Å². The number of hydrogen-bond acceptors (Lipinski definition) is 5. The van der Waals surface area contributed by atoms with Crippen molar-refractivity contribution in [3.63, 3.8) is 0 Å². The Hall–Kier alpha value is -3.80. The molecule has 2 aromatic heterocycles. The molecule has 2 heterocycles. The normalized spacial score (nSPS) is 15.6. The molecule has 0 bridgehead atoms. The smallest absolute Gasteiger partial charge is 0.339 e. The third kappa shape index (κ3) is 4.74. The van der Waals surface area contributed by atoms with Gasteiger partial charge in [-0.25, -0.2) is 4.79 Å². The monoisotopic (exact) mass is 467 g/mol. The van der Waals surface area contributed by atoms with E-state index in [-0.39, 0.29) is 12.0 Å². The average molecular weight is 468 g/mol. The van der Waals surface area contributed by atoms with Crippen LogP contribution < -0.4 is 5.32 Å². The number of esters is 1. The number of carbonyl (C=O) groups excluding carboxylic acids is 2. The van der Waals surface area contributed by atoms with Gasteiger partial charge in [-0.05, 0) is 54.4 Å². The Balaban J connectivity index is 1.37. The van der Waals surface area contributed by atoms with E-state index >= 15 is 0 Å². The number of benzene rings is 2. The molecule has 1 aliphatic rings. The SMILES string of the molecule is CC(C)(C)C1CCc2nc3ccccc3c(C(=O)OCC(=O)Nc3cnc4ccccc4c3)c2C1. The molecule has 178 valence electrons. The van der Waals surface area contributed by atoms with Crippen LogP contribution in [-0.4, -0.2) is 28.5 Å². The number of aromatic nitrogens is 2. The number of amides is 1. The first-order chi connectivity index (χ1) is 16.8. The number of pyridine rings is 2. The zero-order chi connectivity index (χ0) is 24.6. The molecule has 0 saturated heterocycles. The molecule has 2 aromatic carbocycles. The van der Waals surface area contributed by atoms with Crippen LogP contribution in [0.15, 0.2) is 60.8 Å². The highest BCUT2D eigenvalue weighted by Crippen LogP contribution is 2.39. The lowest BCUT2D eigenvalue weighted by Crippen LogP contribution is -2.29. The van der Waals surface area contributed by atoms with Crippen molar-refractivity contribution >= 4 is 39.4 Å². The van der Waals surface area contributed by atoms with Crippen LogP contribution in [0.5, 0.6) is 0 Å². The molecule has 1 aliphatic carbocycles. The number of para-hydroxylation sites is 2. The Bertz CT molecular complexity index is 1440. The van der Waals surface area contributed by atoms with Gasteiger partial charge in [0.1, 0.15) is 0 Å². The van der Waals surface area contributed by atoms with Gasteiger partial charge in [0.25, 0.3) is 5.91 Å². The molecule has 0 saturated carbocycles. The lowest BCUT2D eigenvalue weighted by molar-refractivity contribution is -0.119. The van der Waals surface area contributed by atoms with Gasteiger partial charge in [0.2, 0.25) is 0 Å². The first-order valence-corrected chi connectivity index (χ1v) is 12.0. The first-order valence-electron chi connectivity index (χ1n) is 12.0. The Labute approximate surface area is 204 Å². The van der Waals surface area contributed by atoms with Crippen LogP contribution >= 0.6 is 0 Å². The predicted molar refractivity (Wildman–Crippen MR) is 137 cm³/mol. The molecule has 0 radical (unpaired) electrons. The maximum Gasteiger partial charge on any atom is 0.339 e. The molecule has 6 heteroatoms. The van der Waals surface area contributed by atoms with E-state index in [0.29, 0.717) is 17.2 Å². The van der Waals surface area contributed by atoms with E-state index in [0.717, 1.165) is 52.3 Å². The number of hydrogen-bond donors (Lipinski definition) is 1. The summed E-state index contributed by atoms with van der Waals surface area (Å²) < 4.78 is 5.55. The summed E-state index contributed by atoms with van der Waals surface area (Å²) in [6.45, 7) is 6.34. The van der Waals surface area contributed by atoms with Crippen LogP contribution in [0.3, 0.4) is 0 Å². The lowest BCUT2D eigenvalue weighted by atomic mass is 9.70. The van der Waals surface area contributed by atoms with E-state index in [9.17, 15) is 9.59 Å². The first kappa shape index (κ1) is 23.0. The summed E-state index contributed by atoms with van der Waals surface area (Å²) >= 11 is 0. The maximum atomic E-state index is 13.4. The van der Waals surface area contributed by atoms with Crippen LogP contribution in [0.25, 0.3) is 21.8 Å². The highest BCUT2D eigenvalue weighted by atomic mass is 16.5. The van der Waals surface area contributed by atoms with Crippen LogP contribution in [0.2, 0.25) is 0 Å². The second kappa shape index (κ2) is 9.10. The van der Waals surface area contributed by atoms with Crippen molar-refractivity contribution in [2.24, 2.45) is 11.3 Å². The maximum absolute atomic E-state index is 13.4. The zero-order valence-electron chi connectivity index (χ0n) is 20.3. The number of carbonyl (C=O) groups is 2.